The number of carbonyl (C=O) groups is 3. The van der Waals surface area contributed by atoms with E-state index in [9.17, 15) is 14.4 Å². The van der Waals surface area contributed by atoms with Gasteiger partial charge < -0.3 is 0 Å². The van der Waals surface area contributed by atoms with E-state index in [1.165, 1.54) is 33.4 Å². The first-order valence-corrected chi connectivity index (χ1v) is 16.2. The molecule has 1 aliphatic heterocycles. The predicted molar refractivity (Wildman–Crippen MR) is 110 cm³/mol. The molecule has 4 atom stereocenters. The summed E-state index contributed by atoms with van der Waals surface area (Å²) in [6.07, 6.45) is -0.766. The molecule has 0 unspecified atom stereocenters. The van der Waals surface area contributed by atoms with Gasteiger partial charge in [0.25, 0.3) is 0 Å². The molecule has 0 radical (unpaired) electrons. The first-order valence-electron chi connectivity index (χ1n) is 9.33. The molecule has 3 heterocycles. The average Bonchev–Trinajstić information content (AvgIpc) is 3.22. The van der Waals surface area contributed by atoms with Crippen LogP contribution in [0.2, 0.25) is 11.4 Å². The summed E-state index contributed by atoms with van der Waals surface area (Å²) in [5.74, 6) is -1.68. The van der Waals surface area contributed by atoms with Crippen LogP contribution in [0.3, 0.4) is 0 Å². The van der Waals surface area contributed by atoms with E-state index < -0.39 is 55.9 Å². The number of hydrogen-bond donors (Lipinski definition) is 0. The molecule has 0 aromatic carbocycles. The van der Waals surface area contributed by atoms with E-state index in [2.05, 4.69) is 26.4 Å². The summed E-state index contributed by atoms with van der Waals surface area (Å²) < 4.78 is 23.6. The van der Waals surface area contributed by atoms with E-state index in [1.54, 1.807) is 14.6 Å². The van der Waals surface area contributed by atoms with Gasteiger partial charge >= 0.3 is 186 Å². The Labute approximate surface area is 186 Å². The van der Waals surface area contributed by atoms with Gasteiger partial charge in [-0.3, -0.25) is 0 Å². The molecule has 31 heavy (non-hydrogen) atoms. The van der Waals surface area contributed by atoms with Gasteiger partial charge in [0.15, 0.2) is 0 Å². The Hall–Kier alpha value is -2.17. The van der Waals surface area contributed by atoms with Gasteiger partial charge in [0, 0.05) is 0 Å². The molecule has 168 valence electrons. The third-order valence-corrected chi connectivity index (χ3v) is 8.43. The van der Waals surface area contributed by atoms with Crippen LogP contribution in [0.4, 0.5) is 0 Å². The van der Waals surface area contributed by atoms with E-state index in [0.29, 0.717) is 11.2 Å². The molecule has 0 saturated carbocycles. The summed E-state index contributed by atoms with van der Waals surface area (Å²) >= 11 is -1.11. The fourth-order valence-corrected chi connectivity index (χ4v) is 6.86. The minimum atomic E-state index is -1.11. The minimum absolute atomic E-state index is 0.177. The van der Waals surface area contributed by atoms with Crippen LogP contribution in [0.5, 0.6) is 0 Å². The van der Waals surface area contributed by atoms with Gasteiger partial charge in [-0.05, 0) is 0 Å². The zero-order valence-electron chi connectivity index (χ0n) is 17.7. The van der Waals surface area contributed by atoms with Crippen molar-refractivity contribution >= 4 is 52.6 Å². The molecule has 0 spiro atoms. The van der Waals surface area contributed by atoms with Crippen molar-refractivity contribution in [2.45, 2.75) is 61.8 Å². The molecule has 0 bridgehead atoms. The van der Waals surface area contributed by atoms with Crippen LogP contribution in [-0.2, 0) is 33.3 Å². The third-order valence-electron chi connectivity index (χ3n) is 4.21. The maximum atomic E-state index is 11.8. The number of ether oxygens (including phenoxy) is 4. The number of esters is 3. The van der Waals surface area contributed by atoms with Crippen molar-refractivity contribution in [1.82, 2.24) is 19.5 Å². The Bertz CT molecular complexity index is 985. The van der Waals surface area contributed by atoms with Crippen molar-refractivity contribution in [2.24, 2.45) is 0 Å². The Morgan fingerprint density at radius 2 is 1.74 bits per heavy atom. The monoisotopic (exact) mass is 514 g/mol. The number of rotatable bonds is 7. The second kappa shape index (κ2) is 9.97. The molecular weight excluding hydrogens is 491 g/mol. The molecule has 0 amide bonds. The van der Waals surface area contributed by atoms with E-state index >= 15 is 0 Å². The topological polar surface area (TPSA) is 132 Å². The molecule has 1 fully saturated rings. The van der Waals surface area contributed by atoms with E-state index in [-0.39, 0.29) is 6.61 Å². The first kappa shape index (κ1) is 23.5. The van der Waals surface area contributed by atoms with E-state index in [1.807, 2.05) is 0 Å². The molecule has 0 N–H and O–H groups in total. The summed E-state index contributed by atoms with van der Waals surface area (Å²) in [5, 5.41) is 0.767. The van der Waals surface area contributed by atoms with Gasteiger partial charge in [0.1, 0.15) is 0 Å². The molecule has 0 aliphatic carbocycles. The molecular formula is C18H23AsN4O7S. The normalized spacial score (nSPS) is 23.2. The Morgan fingerprint density at radius 1 is 1.06 bits per heavy atom. The quantitative estimate of drug-likeness (QED) is 0.230. The van der Waals surface area contributed by atoms with Crippen LogP contribution in [0.15, 0.2) is 17.7 Å². The molecule has 1 aliphatic rings. The van der Waals surface area contributed by atoms with Crippen LogP contribution in [0.25, 0.3) is 11.2 Å². The number of nitrogens with zero attached hydrogens (tertiary/aromatic N) is 4. The number of imidazole rings is 1. The van der Waals surface area contributed by atoms with Crippen LogP contribution >= 0.6 is 10.0 Å². The van der Waals surface area contributed by atoms with Gasteiger partial charge in [0.05, 0.1) is 0 Å². The van der Waals surface area contributed by atoms with E-state index in [0.717, 1.165) is 5.03 Å². The summed E-state index contributed by atoms with van der Waals surface area (Å²) in [6, 6.07) is 0. The van der Waals surface area contributed by atoms with Crippen molar-refractivity contribution in [3.63, 3.8) is 0 Å². The number of hydrogen-bond acceptors (Lipinski definition) is 11. The van der Waals surface area contributed by atoms with Crippen LogP contribution in [-0.4, -0.2) is 75.8 Å². The summed E-state index contributed by atoms with van der Waals surface area (Å²) in [7, 11) is 1.68. The molecule has 13 heteroatoms. The second-order valence-corrected chi connectivity index (χ2v) is 15.8. The maximum absolute atomic E-state index is 11.8. The fraction of sp³-hybridized carbons (Fsp3) is 0.556. The zero-order valence-corrected chi connectivity index (χ0v) is 20.4. The van der Waals surface area contributed by atoms with Gasteiger partial charge in [-0.1, -0.05) is 0 Å². The molecule has 11 nitrogen and oxygen atoms in total. The van der Waals surface area contributed by atoms with Gasteiger partial charge in [-0.15, -0.1) is 0 Å². The summed E-state index contributed by atoms with van der Waals surface area (Å²) in [5.41, 5.74) is 5.46. The fourth-order valence-electron chi connectivity index (χ4n) is 3.17. The van der Waals surface area contributed by atoms with Crippen molar-refractivity contribution < 1.29 is 33.3 Å². The molecule has 1 saturated heterocycles. The van der Waals surface area contributed by atoms with Crippen molar-refractivity contribution in [3.8, 4) is 0 Å². The number of aromatic nitrogens is 4. The average molecular weight is 514 g/mol. The Balaban J connectivity index is 2.01. The summed E-state index contributed by atoms with van der Waals surface area (Å²) in [4.78, 5) is 47.9. The third kappa shape index (κ3) is 5.55. The van der Waals surface area contributed by atoms with E-state index in [4.69, 9.17) is 18.9 Å². The van der Waals surface area contributed by atoms with Crippen LogP contribution in [0.1, 0.15) is 27.0 Å². The Kier molecular flexibility index (Phi) is 7.55. The number of carbonyl (C=O) groups excluding carboxylic acids is 3. The molecule has 2 aromatic heterocycles. The van der Waals surface area contributed by atoms with Crippen molar-refractivity contribution in [1.29, 1.82) is 0 Å². The van der Waals surface area contributed by atoms with Gasteiger partial charge in [-0.2, -0.15) is 0 Å². The summed E-state index contributed by atoms with van der Waals surface area (Å²) in [6.45, 7) is 3.57. The van der Waals surface area contributed by atoms with Gasteiger partial charge in [0.2, 0.25) is 0 Å². The predicted octanol–water partition coefficient (Wildman–Crippen LogP) is 1.49. The zero-order chi connectivity index (χ0) is 22.7. The SMILES string of the molecule is CC(=O)OC[C@H]1O[C@@H](n2cnc3c(S[As](C)C)ncnc32)[C@H](OC(C)=O)[C@@H]1OC(C)=O. The second-order valence-electron chi connectivity index (χ2n) is 6.92. The van der Waals surface area contributed by atoms with Crippen molar-refractivity contribution in [3.05, 3.63) is 12.7 Å². The standard InChI is InChI=1S/C18H23AsN4O7S/c1-9(24)27-6-12-14(28-10(2)25)15(29-11(3)26)18(30-12)23-8-22-13-16(23)20-7-21-17(13)31-19(4)5/h7-8,12,14-15,18H,6H2,1-5H3/t12-,14-,15-,18-/m1/s1. The first-order chi connectivity index (χ1) is 14.7. The Morgan fingerprint density at radius 3 is 2.35 bits per heavy atom. The molecule has 3 rings (SSSR count). The van der Waals surface area contributed by atoms with Gasteiger partial charge in [-0.25, -0.2) is 0 Å². The van der Waals surface area contributed by atoms with Crippen LogP contribution in [0, 0.1) is 0 Å². The van der Waals surface area contributed by atoms with Crippen LogP contribution < -0.4 is 0 Å². The molecule has 2 aromatic rings. The number of fused-ring (bicyclic) bond motifs is 1. The van der Waals surface area contributed by atoms with Crippen molar-refractivity contribution in [2.75, 3.05) is 6.61 Å².